The summed E-state index contributed by atoms with van der Waals surface area (Å²) in [7, 11) is 1.49. The molecule has 0 aromatic rings. The van der Waals surface area contributed by atoms with Gasteiger partial charge in [-0.1, -0.05) is 0 Å². The highest BCUT2D eigenvalue weighted by molar-refractivity contribution is 8.00. The van der Waals surface area contributed by atoms with Gasteiger partial charge >= 0.3 is 11.9 Å². The number of aliphatic carboxylic acids is 2. The first-order valence-corrected chi connectivity index (χ1v) is 5.34. The van der Waals surface area contributed by atoms with E-state index in [4.69, 9.17) is 10.2 Å². The molecule has 0 rings (SSSR count). The summed E-state index contributed by atoms with van der Waals surface area (Å²) in [6.07, 6.45) is -0.105. The second kappa shape index (κ2) is 7.10. The van der Waals surface area contributed by atoms with Gasteiger partial charge in [0.2, 0.25) is 5.91 Å². The third-order valence-electron chi connectivity index (χ3n) is 1.54. The predicted octanol–water partition coefficient (Wildman–Crippen LogP) is -0.263. The van der Waals surface area contributed by atoms with Crippen molar-refractivity contribution in [1.29, 1.82) is 0 Å². The second-order valence-electron chi connectivity index (χ2n) is 2.85. The van der Waals surface area contributed by atoms with Gasteiger partial charge < -0.3 is 15.1 Å². The van der Waals surface area contributed by atoms with Crippen molar-refractivity contribution in [3.05, 3.63) is 0 Å². The minimum Gasteiger partial charge on any atom is -0.481 e. The summed E-state index contributed by atoms with van der Waals surface area (Å²) in [6, 6.07) is 0. The van der Waals surface area contributed by atoms with Crippen molar-refractivity contribution in [1.82, 2.24) is 4.90 Å². The lowest BCUT2D eigenvalue weighted by Gasteiger charge is -2.15. The molecule has 7 heteroatoms. The van der Waals surface area contributed by atoms with Crippen LogP contribution in [0.5, 0.6) is 0 Å². The molecule has 0 radical (unpaired) electrons. The van der Waals surface area contributed by atoms with Crippen molar-refractivity contribution in [2.75, 3.05) is 25.1 Å². The lowest BCUT2D eigenvalue weighted by molar-refractivity contribution is -0.138. The minimum absolute atomic E-state index is 0.0580. The van der Waals surface area contributed by atoms with Gasteiger partial charge in [-0.05, 0) is 0 Å². The molecule has 0 aromatic heterocycles. The third kappa shape index (κ3) is 7.80. The van der Waals surface area contributed by atoms with Crippen molar-refractivity contribution >= 4 is 29.6 Å². The van der Waals surface area contributed by atoms with Gasteiger partial charge in [0.1, 0.15) is 0 Å². The Morgan fingerprint density at radius 2 is 1.73 bits per heavy atom. The van der Waals surface area contributed by atoms with Crippen molar-refractivity contribution in [3.63, 3.8) is 0 Å². The van der Waals surface area contributed by atoms with Gasteiger partial charge in [0.15, 0.2) is 0 Å². The normalized spacial score (nSPS) is 9.67. The van der Waals surface area contributed by atoms with Crippen LogP contribution in [-0.4, -0.2) is 58.1 Å². The molecule has 0 heterocycles. The zero-order valence-electron chi connectivity index (χ0n) is 8.30. The number of carboxylic acid groups (broad SMARTS) is 2. The highest BCUT2D eigenvalue weighted by atomic mass is 32.2. The monoisotopic (exact) mass is 235 g/mol. The van der Waals surface area contributed by atoms with Gasteiger partial charge in [0.05, 0.1) is 17.9 Å². The fourth-order valence-corrected chi connectivity index (χ4v) is 1.40. The van der Waals surface area contributed by atoms with Crippen LogP contribution in [0.1, 0.15) is 6.42 Å². The van der Waals surface area contributed by atoms with E-state index in [0.29, 0.717) is 0 Å². The Bertz CT molecular complexity index is 255. The van der Waals surface area contributed by atoms with E-state index in [1.165, 1.54) is 11.9 Å². The van der Waals surface area contributed by atoms with E-state index in [2.05, 4.69) is 0 Å². The molecule has 2 N–H and O–H groups in total. The molecule has 1 amide bonds. The number of thioether (sulfide) groups is 1. The van der Waals surface area contributed by atoms with E-state index in [1.54, 1.807) is 0 Å². The second-order valence-corrected chi connectivity index (χ2v) is 3.83. The summed E-state index contributed by atoms with van der Waals surface area (Å²) in [5.41, 5.74) is 0. The van der Waals surface area contributed by atoms with Gasteiger partial charge in [-0.3, -0.25) is 14.4 Å². The van der Waals surface area contributed by atoms with Gasteiger partial charge in [-0.2, -0.15) is 0 Å². The molecule has 0 aliphatic carbocycles. The fourth-order valence-electron chi connectivity index (χ4n) is 0.724. The van der Waals surface area contributed by atoms with E-state index in [9.17, 15) is 14.4 Å². The van der Waals surface area contributed by atoms with E-state index in [-0.39, 0.29) is 30.4 Å². The molecule has 0 aliphatic rings. The molecule has 86 valence electrons. The fraction of sp³-hybridized carbons (Fsp3) is 0.625. The molecule has 6 nitrogen and oxygen atoms in total. The molecule has 0 fully saturated rings. The smallest absolute Gasteiger partial charge is 0.313 e. The van der Waals surface area contributed by atoms with Gasteiger partial charge in [0.25, 0.3) is 0 Å². The molecule has 0 atom stereocenters. The topological polar surface area (TPSA) is 94.9 Å². The molecular weight excluding hydrogens is 222 g/mol. The van der Waals surface area contributed by atoms with Gasteiger partial charge in [-0.15, -0.1) is 11.8 Å². The number of rotatable bonds is 7. The largest absolute Gasteiger partial charge is 0.481 e. The molecule has 0 bridgehead atoms. The van der Waals surface area contributed by atoms with Crippen LogP contribution in [-0.2, 0) is 14.4 Å². The standard InChI is InChI=1S/C8H13NO5S/c1-9(3-2-7(11)12)6(10)4-15-5-8(13)14/h2-5H2,1H3,(H,11,12)(H,13,14). The summed E-state index contributed by atoms with van der Waals surface area (Å²) < 4.78 is 0. The van der Waals surface area contributed by atoms with Gasteiger partial charge in [-0.25, -0.2) is 0 Å². The van der Waals surface area contributed by atoms with E-state index in [0.717, 1.165) is 11.8 Å². The molecule has 15 heavy (non-hydrogen) atoms. The summed E-state index contributed by atoms with van der Waals surface area (Å²) in [5, 5.41) is 16.7. The zero-order chi connectivity index (χ0) is 11.8. The Labute approximate surface area is 91.2 Å². The number of carbonyl (C=O) groups excluding carboxylic acids is 1. The van der Waals surface area contributed by atoms with E-state index >= 15 is 0 Å². The molecule has 0 aromatic carbocycles. The van der Waals surface area contributed by atoms with Crippen LogP contribution in [0.25, 0.3) is 0 Å². The van der Waals surface area contributed by atoms with E-state index < -0.39 is 11.9 Å². The van der Waals surface area contributed by atoms with Crippen LogP contribution in [0.15, 0.2) is 0 Å². The van der Waals surface area contributed by atoms with Crippen LogP contribution < -0.4 is 0 Å². The van der Waals surface area contributed by atoms with Crippen molar-refractivity contribution in [3.8, 4) is 0 Å². The first kappa shape index (κ1) is 13.8. The SMILES string of the molecule is CN(CCC(=O)O)C(=O)CSCC(=O)O. The van der Waals surface area contributed by atoms with Crippen LogP contribution in [0.4, 0.5) is 0 Å². The zero-order valence-corrected chi connectivity index (χ0v) is 9.12. The highest BCUT2D eigenvalue weighted by Crippen LogP contribution is 2.01. The van der Waals surface area contributed by atoms with Gasteiger partial charge in [0, 0.05) is 13.6 Å². The molecule has 0 saturated carbocycles. The first-order chi connectivity index (χ1) is 6.93. The van der Waals surface area contributed by atoms with Crippen molar-refractivity contribution < 1.29 is 24.6 Å². The summed E-state index contributed by atoms with van der Waals surface area (Å²) in [4.78, 5) is 32.9. The summed E-state index contributed by atoms with van der Waals surface area (Å²) in [6.45, 7) is 0.141. The van der Waals surface area contributed by atoms with Crippen LogP contribution in [0.3, 0.4) is 0 Å². The predicted molar refractivity (Wildman–Crippen MR) is 54.9 cm³/mol. The van der Waals surface area contributed by atoms with Crippen LogP contribution in [0, 0.1) is 0 Å². The van der Waals surface area contributed by atoms with Crippen molar-refractivity contribution in [2.45, 2.75) is 6.42 Å². The number of amides is 1. The van der Waals surface area contributed by atoms with Crippen LogP contribution >= 0.6 is 11.8 Å². The third-order valence-corrected chi connectivity index (χ3v) is 2.44. The number of carbonyl (C=O) groups is 3. The average Bonchev–Trinajstić information content (AvgIpc) is 2.13. The number of nitrogens with zero attached hydrogens (tertiary/aromatic N) is 1. The molecule has 0 saturated heterocycles. The lowest BCUT2D eigenvalue weighted by atomic mass is 10.4. The highest BCUT2D eigenvalue weighted by Gasteiger charge is 2.10. The van der Waals surface area contributed by atoms with Crippen molar-refractivity contribution in [2.24, 2.45) is 0 Å². The number of carboxylic acids is 2. The summed E-state index contributed by atoms with van der Waals surface area (Å²) >= 11 is 0.994. The number of hydrogen-bond acceptors (Lipinski definition) is 4. The maximum atomic E-state index is 11.3. The Morgan fingerprint density at radius 3 is 2.20 bits per heavy atom. The lowest BCUT2D eigenvalue weighted by Crippen LogP contribution is -2.30. The Hall–Kier alpha value is -1.24. The molecule has 0 spiro atoms. The Kier molecular flexibility index (Phi) is 6.52. The molecule has 0 unspecified atom stereocenters. The van der Waals surface area contributed by atoms with Crippen LogP contribution in [0.2, 0.25) is 0 Å². The Morgan fingerprint density at radius 1 is 1.13 bits per heavy atom. The maximum Gasteiger partial charge on any atom is 0.313 e. The van der Waals surface area contributed by atoms with E-state index in [1.807, 2.05) is 0 Å². The Balaban J connectivity index is 3.69. The summed E-state index contributed by atoms with van der Waals surface area (Å²) in [5.74, 6) is -2.27. The first-order valence-electron chi connectivity index (χ1n) is 4.18. The molecule has 0 aliphatic heterocycles. The quantitative estimate of drug-likeness (QED) is 0.631. The number of hydrogen-bond donors (Lipinski definition) is 2. The maximum absolute atomic E-state index is 11.3. The minimum atomic E-state index is -0.971. The average molecular weight is 235 g/mol. The molecular formula is C8H13NO5S.